The van der Waals surface area contributed by atoms with Crippen molar-refractivity contribution in [2.75, 3.05) is 13.2 Å². The van der Waals surface area contributed by atoms with Gasteiger partial charge >= 0.3 is 5.97 Å². The first kappa shape index (κ1) is 22.5. The highest BCUT2D eigenvalue weighted by atomic mass is 16.6. The molecule has 0 radical (unpaired) electrons. The Labute approximate surface area is 160 Å². The lowest BCUT2D eigenvalue weighted by Gasteiger charge is -2.40. The van der Waals surface area contributed by atoms with Crippen LogP contribution in [0.2, 0.25) is 0 Å². The third-order valence-corrected chi connectivity index (χ3v) is 6.16. The average molecular weight is 390 g/mol. The Morgan fingerprint density at radius 2 is 1.93 bits per heavy atom. The van der Waals surface area contributed by atoms with Crippen LogP contribution in [0.25, 0.3) is 0 Å². The zero-order chi connectivity index (χ0) is 20.4. The van der Waals surface area contributed by atoms with Crippen LogP contribution >= 0.6 is 0 Å². The monoisotopic (exact) mass is 390 g/mol. The van der Waals surface area contributed by atoms with E-state index in [1.54, 1.807) is 13.8 Å². The third kappa shape index (κ3) is 4.99. The van der Waals surface area contributed by atoms with Crippen molar-refractivity contribution >= 4 is 5.97 Å². The maximum absolute atomic E-state index is 12.7. The number of esters is 1. The molecule has 158 valence electrons. The molecule has 2 aliphatic heterocycles. The van der Waals surface area contributed by atoms with E-state index in [0.717, 1.165) is 0 Å². The lowest BCUT2D eigenvalue weighted by molar-refractivity contribution is -0.250. The molecule has 8 nitrogen and oxygen atoms in total. The van der Waals surface area contributed by atoms with Crippen LogP contribution in [0.4, 0.5) is 0 Å². The molecule has 0 amide bonds. The number of hydrogen-bond donors (Lipinski definition) is 4. The minimum atomic E-state index is -1.46. The number of carbonyl (C=O) groups is 1. The predicted octanol–water partition coefficient (Wildman–Crippen LogP) is 0.546. The van der Waals surface area contributed by atoms with Crippen LogP contribution < -0.4 is 0 Å². The van der Waals surface area contributed by atoms with Crippen LogP contribution in [0.15, 0.2) is 0 Å². The van der Waals surface area contributed by atoms with Gasteiger partial charge in [0.15, 0.2) is 18.2 Å². The normalized spacial score (nSPS) is 44.9. The third-order valence-electron chi connectivity index (χ3n) is 6.16. The summed E-state index contributed by atoms with van der Waals surface area (Å²) in [6.45, 7) is 6.59. The molecule has 0 saturated carbocycles. The van der Waals surface area contributed by atoms with E-state index in [2.05, 4.69) is 0 Å². The summed E-state index contributed by atoms with van der Waals surface area (Å²) in [6, 6.07) is 0. The fraction of sp³-hybridized carbons (Fsp3) is 0.947. The summed E-state index contributed by atoms with van der Waals surface area (Å²) in [4.78, 5) is 12.7. The second kappa shape index (κ2) is 8.71. The van der Waals surface area contributed by atoms with Gasteiger partial charge in [0.05, 0.1) is 12.2 Å². The molecule has 0 aliphatic carbocycles. The molecular formula is C19H34O8. The van der Waals surface area contributed by atoms with Gasteiger partial charge in [0, 0.05) is 17.9 Å². The van der Waals surface area contributed by atoms with Crippen molar-refractivity contribution in [1.82, 2.24) is 0 Å². The summed E-state index contributed by atoms with van der Waals surface area (Å²) in [5.74, 6) is -1.03. The van der Waals surface area contributed by atoms with Crippen LogP contribution in [0.3, 0.4) is 0 Å². The maximum Gasteiger partial charge on any atom is 0.338 e. The van der Waals surface area contributed by atoms with E-state index in [9.17, 15) is 25.2 Å². The fourth-order valence-electron chi connectivity index (χ4n) is 3.92. The van der Waals surface area contributed by atoms with Gasteiger partial charge in [-0.25, -0.2) is 4.79 Å². The van der Waals surface area contributed by atoms with E-state index in [1.165, 1.54) is 0 Å². The van der Waals surface area contributed by atoms with Crippen molar-refractivity contribution in [1.29, 1.82) is 0 Å². The van der Waals surface area contributed by atoms with Crippen molar-refractivity contribution in [3.63, 3.8) is 0 Å². The van der Waals surface area contributed by atoms with Gasteiger partial charge in [-0.2, -0.15) is 0 Å². The standard InChI is InChI=1S/C19H34O8/c1-11-7-14(26-15(11)22)8-12(2)19(4)17(24)25-10-13(21)9-18(3,5-6-20)16(23)27-19/h11-16,20-23H,5-10H2,1-4H3/t11-,12?,13+,14?,15?,16?,18?,19?/m0/s1. The number of hydrogen-bond acceptors (Lipinski definition) is 8. The molecular weight excluding hydrogens is 356 g/mol. The highest BCUT2D eigenvalue weighted by Gasteiger charge is 2.50. The Bertz CT molecular complexity index is 504. The molecule has 2 saturated heterocycles. The number of carbonyl (C=O) groups excluding carboxylic acids is 1. The number of aliphatic hydroxyl groups is 4. The van der Waals surface area contributed by atoms with Crippen LogP contribution in [-0.4, -0.2) is 70.0 Å². The predicted molar refractivity (Wildman–Crippen MR) is 95.3 cm³/mol. The summed E-state index contributed by atoms with van der Waals surface area (Å²) in [5.41, 5.74) is -2.39. The first-order chi connectivity index (χ1) is 12.5. The molecule has 2 aliphatic rings. The SMILES string of the molecule is CC(CC1C[C@H](C)C(O)O1)C1(C)OC(O)C(C)(CCO)C[C@@H](O)COC1=O. The van der Waals surface area contributed by atoms with Gasteiger partial charge in [-0.1, -0.05) is 20.8 Å². The second-order valence-corrected chi connectivity index (χ2v) is 8.66. The molecule has 0 aromatic rings. The molecule has 8 atom stereocenters. The first-order valence-corrected chi connectivity index (χ1v) is 9.67. The molecule has 0 bridgehead atoms. The minimum absolute atomic E-state index is 0.0111. The van der Waals surface area contributed by atoms with Gasteiger partial charge < -0.3 is 34.6 Å². The van der Waals surface area contributed by atoms with E-state index >= 15 is 0 Å². The molecule has 2 fully saturated rings. The largest absolute Gasteiger partial charge is 0.461 e. The lowest BCUT2D eigenvalue weighted by Crippen LogP contribution is -2.51. The van der Waals surface area contributed by atoms with E-state index in [-0.39, 0.29) is 44.0 Å². The van der Waals surface area contributed by atoms with Crippen molar-refractivity contribution in [3.05, 3.63) is 0 Å². The molecule has 8 heteroatoms. The quantitative estimate of drug-likeness (QED) is 0.502. The molecule has 0 spiro atoms. The van der Waals surface area contributed by atoms with E-state index in [0.29, 0.717) is 12.8 Å². The van der Waals surface area contributed by atoms with Crippen LogP contribution in [-0.2, 0) is 19.0 Å². The first-order valence-electron chi connectivity index (χ1n) is 9.67. The number of cyclic esters (lactones) is 1. The van der Waals surface area contributed by atoms with Gasteiger partial charge in [0.25, 0.3) is 0 Å². The molecule has 0 aromatic carbocycles. The Hall–Kier alpha value is -0.770. The molecule has 27 heavy (non-hydrogen) atoms. The topological polar surface area (TPSA) is 126 Å². The molecule has 6 unspecified atom stereocenters. The summed E-state index contributed by atoms with van der Waals surface area (Å²) >= 11 is 0. The highest BCUT2D eigenvalue weighted by molar-refractivity contribution is 5.79. The second-order valence-electron chi connectivity index (χ2n) is 8.66. The zero-order valence-electron chi connectivity index (χ0n) is 16.6. The van der Waals surface area contributed by atoms with Crippen molar-refractivity contribution in [2.45, 2.75) is 83.8 Å². The zero-order valence-corrected chi connectivity index (χ0v) is 16.6. The van der Waals surface area contributed by atoms with E-state index in [1.807, 2.05) is 13.8 Å². The minimum Gasteiger partial charge on any atom is -0.461 e. The van der Waals surface area contributed by atoms with Gasteiger partial charge in [-0.05, 0) is 38.5 Å². The molecule has 4 N–H and O–H groups in total. The smallest absolute Gasteiger partial charge is 0.338 e. The van der Waals surface area contributed by atoms with Crippen LogP contribution in [0, 0.1) is 17.3 Å². The van der Waals surface area contributed by atoms with Crippen LogP contribution in [0.5, 0.6) is 0 Å². The van der Waals surface area contributed by atoms with E-state index in [4.69, 9.17) is 14.2 Å². The molecule has 2 rings (SSSR count). The van der Waals surface area contributed by atoms with Gasteiger partial charge in [0.2, 0.25) is 0 Å². The molecule has 2 heterocycles. The summed E-state index contributed by atoms with van der Waals surface area (Å²) in [7, 11) is 0. The molecule has 0 aromatic heterocycles. The fourth-order valence-corrected chi connectivity index (χ4v) is 3.92. The Balaban J connectivity index is 2.21. The Kier molecular flexibility index (Phi) is 7.27. The highest BCUT2D eigenvalue weighted by Crippen LogP contribution is 2.40. The lowest BCUT2D eigenvalue weighted by atomic mass is 9.80. The van der Waals surface area contributed by atoms with Gasteiger partial charge in [-0.3, -0.25) is 0 Å². The summed E-state index contributed by atoms with van der Waals surface area (Å²) in [5, 5.41) is 40.0. The Morgan fingerprint density at radius 1 is 1.26 bits per heavy atom. The van der Waals surface area contributed by atoms with E-state index < -0.39 is 35.7 Å². The van der Waals surface area contributed by atoms with Crippen molar-refractivity contribution in [3.8, 4) is 0 Å². The number of aliphatic hydroxyl groups excluding tert-OH is 4. The number of rotatable bonds is 5. The van der Waals surface area contributed by atoms with Crippen molar-refractivity contribution < 1.29 is 39.4 Å². The summed E-state index contributed by atoms with van der Waals surface area (Å²) in [6.07, 6.45) is -1.93. The van der Waals surface area contributed by atoms with Crippen molar-refractivity contribution in [2.24, 2.45) is 17.3 Å². The van der Waals surface area contributed by atoms with Crippen LogP contribution in [0.1, 0.15) is 53.4 Å². The average Bonchev–Trinajstić information content (AvgIpc) is 2.90. The number of ether oxygens (including phenoxy) is 3. The maximum atomic E-state index is 12.7. The summed E-state index contributed by atoms with van der Waals surface area (Å²) < 4.78 is 16.6. The van der Waals surface area contributed by atoms with Gasteiger partial charge in [-0.15, -0.1) is 0 Å². The van der Waals surface area contributed by atoms with Gasteiger partial charge in [0.1, 0.15) is 6.61 Å². The Morgan fingerprint density at radius 3 is 2.48 bits per heavy atom.